The second-order valence-corrected chi connectivity index (χ2v) is 8.20. The molecule has 7 aromatic rings. The maximum absolute atomic E-state index is 2.40. The van der Waals surface area contributed by atoms with Crippen molar-refractivity contribution in [3.8, 4) is 0 Å². The van der Waals surface area contributed by atoms with Crippen molar-refractivity contribution in [2.75, 3.05) is 0 Å². The molecule has 0 nitrogen and oxygen atoms in total. The van der Waals surface area contributed by atoms with Gasteiger partial charge in [-0.3, -0.25) is 0 Å². The quantitative estimate of drug-likeness (QED) is 0.183. The van der Waals surface area contributed by atoms with Gasteiger partial charge in [0.25, 0.3) is 0 Å². The molecule has 0 fully saturated rings. The summed E-state index contributed by atoms with van der Waals surface area (Å²) in [4.78, 5) is 0. The number of benzene rings is 7. The Kier molecular flexibility index (Phi) is 3.09. The predicted molar refractivity (Wildman–Crippen MR) is 131 cm³/mol. The van der Waals surface area contributed by atoms with Crippen molar-refractivity contribution in [2.24, 2.45) is 0 Å². The van der Waals surface area contributed by atoms with Crippen LogP contribution in [0.3, 0.4) is 0 Å². The number of hydrogen-bond donors (Lipinski definition) is 0. The molecular formula is C30H18. The lowest BCUT2D eigenvalue weighted by molar-refractivity contribution is 1.78. The largest absolute Gasteiger partial charge is 0.0616 e. The summed E-state index contributed by atoms with van der Waals surface area (Å²) in [6, 6.07) is 40.2. The molecule has 7 rings (SSSR count). The fourth-order valence-corrected chi connectivity index (χ4v) is 5.16. The highest BCUT2D eigenvalue weighted by Crippen LogP contribution is 2.40. The fraction of sp³-hybridized carbons (Fsp3) is 0. The first-order chi connectivity index (χ1) is 14.9. The van der Waals surface area contributed by atoms with Crippen LogP contribution < -0.4 is 0 Å². The molecule has 0 unspecified atom stereocenters. The van der Waals surface area contributed by atoms with Crippen LogP contribution in [0.4, 0.5) is 0 Å². The molecule has 0 saturated heterocycles. The van der Waals surface area contributed by atoms with Crippen LogP contribution in [0, 0.1) is 0 Å². The van der Waals surface area contributed by atoms with E-state index in [1.165, 1.54) is 64.6 Å². The predicted octanol–water partition coefficient (Wildman–Crippen LogP) is 8.61. The van der Waals surface area contributed by atoms with Crippen molar-refractivity contribution in [2.45, 2.75) is 0 Å². The van der Waals surface area contributed by atoms with E-state index in [9.17, 15) is 0 Å². The Balaban J connectivity index is 1.81. The molecule has 0 N–H and O–H groups in total. The lowest BCUT2D eigenvalue weighted by atomic mass is 9.89. The Labute approximate surface area is 174 Å². The van der Waals surface area contributed by atoms with Crippen molar-refractivity contribution in [3.05, 3.63) is 109 Å². The van der Waals surface area contributed by atoms with Gasteiger partial charge in [0.2, 0.25) is 0 Å². The Morgan fingerprint density at radius 1 is 0.267 bits per heavy atom. The van der Waals surface area contributed by atoms with Crippen LogP contribution in [0.5, 0.6) is 0 Å². The van der Waals surface area contributed by atoms with Crippen LogP contribution in [0.2, 0.25) is 0 Å². The molecule has 30 heavy (non-hydrogen) atoms. The van der Waals surface area contributed by atoms with Crippen molar-refractivity contribution in [1.29, 1.82) is 0 Å². The zero-order valence-electron chi connectivity index (χ0n) is 16.4. The Morgan fingerprint density at radius 3 is 1.50 bits per heavy atom. The molecule has 0 spiro atoms. The molecule has 0 radical (unpaired) electrons. The van der Waals surface area contributed by atoms with Crippen LogP contribution in [-0.4, -0.2) is 0 Å². The van der Waals surface area contributed by atoms with Gasteiger partial charge < -0.3 is 0 Å². The normalized spacial score (nSPS) is 12.0. The zero-order valence-corrected chi connectivity index (χ0v) is 16.4. The van der Waals surface area contributed by atoms with Gasteiger partial charge in [0.1, 0.15) is 0 Å². The van der Waals surface area contributed by atoms with Crippen LogP contribution in [-0.2, 0) is 0 Å². The minimum absolute atomic E-state index is 1.29. The summed E-state index contributed by atoms with van der Waals surface area (Å²) in [6.45, 7) is 0. The summed E-state index contributed by atoms with van der Waals surface area (Å²) in [7, 11) is 0. The van der Waals surface area contributed by atoms with Crippen molar-refractivity contribution < 1.29 is 0 Å². The summed E-state index contributed by atoms with van der Waals surface area (Å²) in [5.74, 6) is 0. The lowest BCUT2D eigenvalue weighted by Gasteiger charge is -2.14. The van der Waals surface area contributed by atoms with Gasteiger partial charge in [-0.15, -0.1) is 0 Å². The summed E-state index contributed by atoms with van der Waals surface area (Å²) >= 11 is 0. The van der Waals surface area contributed by atoms with Crippen LogP contribution in [0.15, 0.2) is 109 Å². The van der Waals surface area contributed by atoms with Gasteiger partial charge in [-0.2, -0.15) is 0 Å². The summed E-state index contributed by atoms with van der Waals surface area (Å²) in [5.41, 5.74) is 0. The van der Waals surface area contributed by atoms with Gasteiger partial charge in [0.05, 0.1) is 0 Å². The minimum Gasteiger partial charge on any atom is -0.0616 e. The minimum atomic E-state index is 1.29. The third-order valence-electron chi connectivity index (χ3n) is 6.55. The van der Waals surface area contributed by atoms with Crippen LogP contribution in [0.25, 0.3) is 64.6 Å². The molecule has 138 valence electrons. The third-order valence-corrected chi connectivity index (χ3v) is 6.55. The molecule has 0 aliphatic heterocycles. The SMILES string of the molecule is c1ccc2cc3cc4c(cc3cc2c1)c1ccccc1c1ccc2ccccc2c14. The Morgan fingerprint density at radius 2 is 0.800 bits per heavy atom. The first-order valence-corrected chi connectivity index (χ1v) is 10.5. The van der Waals surface area contributed by atoms with Gasteiger partial charge in [0, 0.05) is 0 Å². The Hall–Kier alpha value is -3.90. The van der Waals surface area contributed by atoms with Gasteiger partial charge >= 0.3 is 0 Å². The summed E-state index contributed by atoms with van der Waals surface area (Å²) < 4.78 is 0. The Bertz CT molecular complexity index is 1780. The first-order valence-electron chi connectivity index (χ1n) is 10.5. The van der Waals surface area contributed by atoms with Crippen molar-refractivity contribution in [1.82, 2.24) is 0 Å². The van der Waals surface area contributed by atoms with Crippen molar-refractivity contribution >= 4 is 64.6 Å². The second-order valence-electron chi connectivity index (χ2n) is 8.20. The highest BCUT2D eigenvalue weighted by Gasteiger charge is 2.12. The molecule has 0 saturated carbocycles. The van der Waals surface area contributed by atoms with E-state index in [1.807, 2.05) is 0 Å². The second kappa shape index (κ2) is 5.81. The molecule has 0 atom stereocenters. The molecule has 0 heterocycles. The van der Waals surface area contributed by atoms with Crippen LogP contribution in [0.1, 0.15) is 0 Å². The summed E-state index contributed by atoms with van der Waals surface area (Å²) in [6.07, 6.45) is 0. The number of fused-ring (bicyclic) bond motifs is 10. The molecular weight excluding hydrogens is 360 g/mol. The van der Waals surface area contributed by atoms with Gasteiger partial charge in [-0.25, -0.2) is 0 Å². The zero-order chi connectivity index (χ0) is 19.7. The molecule has 0 heteroatoms. The topological polar surface area (TPSA) is 0 Å². The number of hydrogen-bond acceptors (Lipinski definition) is 0. The maximum atomic E-state index is 2.40. The van der Waals surface area contributed by atoms with E-state index in [0.29, 0.717) is 0 Å². The van der Waals surface area contributed by atoms with Crippen LogP contribution >= 0.6 is 0 Å². The van der Waals surface area contributed by atoms with E-state index >= 15 is 0 Å². The first kappa shape index (κ1) is 16.0. The molecule has 0 bridgehead atoms. The molecule has 0 aliphatic rings. The number of rotatable bonds is 0. The third kappa shape index (κ3) is 2.11. The maximum Gasteiger partial charge on any atom is -0.00201 e. The van der Waals surface area contributed by atoms with Gasteiger partial charge in [-0.1, -0.05) is 84.9 Å². The van der Waals surface area contributed by atoms with E-state index in [0.717, 1.165) is 0 Å². The fourth-order valence-electron chi connectivity index (χ4n) is 5.16. The molecule has 0 aliphatic carbocycles. The highest BCUT2D eigenvalue weighted by atomic mass is 14.2. The standard InChI is InChI=1S/C30H18/c1-2-9-21-16-23-18-29-28(17-22(23)15-20(21)8-1)26-12-6-5-11-25(26)27-14-13-19-7-3-4-10-24(19)30(27)29/h1-18H. The average Bonchev–Trinajstić information content (AvgIpc) is 2.81. The highest BCUT2D eigenvalue weighted by molar-refractivity contribution is 6.32. The lowest BCUT2D eigenvalue weighted by Crippen LogP contribution is -1.86. The van der Waals surface area contributed by atoms with Crippen molar-refractivity contribution in [3.63, 3.8) is 0 Å². The van der Waals surface area contributed by atoms with E-state index in [1.54, 1.807) is 0 Å². The smallest absolute Gasteiger partial charge is 0.00201 e. The molecule has 7 aromatic carbocycles. The summed E-state index contributed by atoms with van der Waals surface area (Å²) in [5, 5.41) is 15.8. The van der Waals surface area contributed by atoms with E-state index in [-0.39, 0.29) is 0 Å². The van der Waals surface area contributed by atoms with E-state index in [4.69, 9.17) is 0 Å². The van der Waals surface area contributed by atoms with Gasteiger partial charge in [-0.05, 0) is 88.9 Å². The van der Waals surface area contributed by atoms with E-state index in [2.05, 4.69) is 109 Å². The van der Waals surface area contributed by atoms with Gasteiger partial charge in [0.15, 0.2) is 0 Å². The average molecular weight is 378 g/mol. The molecule has 0 amide bonds. The van der Waals surface area contributed by atoms with E-state index < -0.39 is 0 Å². The molecule has 0 aromatic heterocycles. The monoisotopic (exact) mass is 378 g/mol.